The Labute approximate surface area is 104 Å². The molecule has 1 saturated heterocycles. The standard InChI is InChI=1S/C13H25NOS/c1-2-16-10-7-13(5-8-15-9-6-13)11-14-12-3-4-12/h12,14H,2-11H2,1H3. The van der Waals surface area contributed by atoms with Crippen LogP contribution >= 0.6 is 11.8 Å². The number of hydrogen-bond donors (Lipinski definition) is 1. The highest BCUT2D eigenvalue weighted by Gasteiger charge is 2.33. The van der Waals surface area contributed by atoms with E-state index < -0.39 is 0 Å². The Morgan fingerprint density at radius 2 is 2.06 bits per heavy atom. The lowest BCUT2D eigenvalue weighted by Gasteiger charge is -2.37. The number of nitrogens with one attached hydrogen (secondary N) is 1. The normalized spacial score (nSPS) is 24.6. The van der Waals surface area contributed by atoms with Crippen LogP contribution < -0.4 is 5.32 Å². The lowest BCUT2D eigenvalue weighted by Crippen LogP contribution is -2.40. The van der Waals surface area contributed by atoms with Gasteiger partial charge in [0, 0.05) is 25.8 Å². The van der Waals surface area contributed by atoms with Crippen molar-refractivity contribution in [3.8, 4) is 0 Å². The van der Waals surface area contributed by atoms with Crippen molar-refractivity contribution in [1.82, 2.24) is 5.32 Å². The Bertz CT molecular complexity index is 200. The Morgan fingerprint density at radius 3 is 2.69 bits per heavy atom. The van der Waals surface area contributed by atoms with E-state index in [1.165, 1.54) is 50.2 Å². The molecule has 0 bridgehead atoms. The third-order valence-corrected chi connectivity index (χ3v) is 4.78. The summed E-state index contributed by atoms with van der Waals surface area (Å²) in [6, 6.07) is 0.846. The molecule has 1 aliphatic heterocycles. The highest BCUT2D eigenvalue weighted by Crippen LogP contribution is 2.35. The predicted molar refractivity (Wildman–Crippen MR) is 71.1 cm³/mol. The molecule has 1 saturated carbocycles. The van der Waals surface area contributed by atoms with Crippen LogP contribution in [0.25, 0.3) is 0 Å². The van der Waals surface area contributed by atoms with Crippen LogP contribution in [0.1, 0.15) is 39.0 Å². The maximum atomic E-state index is 5.52. The summed E-state index contributed by atoms with van der Waals surface area (Å²) in [7, 11) is 0. The van der Waals surface area contributed by atoms with Gasteiger partial charge in [0.25, 0.3) is 0 Å². The van der Waals surface area contributed by atoms with Gasteiger partial charge in [0.1, 0.15) is 0 Å². The molecule has 2 rings (SSSR count). The van der Waals surface area contributed by atoms with E-state index in [2.05, 4.69) is 24.0 Å². The van der Waals surface area contributed by atoms with Crippen LogP contribution in [0.15, 0.2) is 0 Å². The van der Waals surface area contributed by atoms with Crippen molar-refractivity contribution in [2.45, 2.75) is 45.1 Å². The highest BCUT2D eigenvalue weighted by molar-refractivity contribution is 7.99. The van der Waals surface area contributed by atoms with Gasteiger partial charge < -0.3 is 10.1 Å². The van der Waals surface area contributed by atoms with Crippen molar-refractivity contribution >= 4 is 11.8 Å². The lowest BCUT2D eigenvalue weighted by molar-refractivity contribution is 0.0133. The minimum absolute atomic E-state index is 0.545. The molecule has 0 aromatic heterocycles. The molecule has 16 heavy (non-hydrogen) atoms. The van der Waals surface area contributed by atoms with E-state index in [0.29, 0.717) is 5.41 Å². The first-order chi connectivity index (χ1) is 7.85. The molecule has 0 amide bonds. The summed E-state index contributed by atoms with van der Waals surface area (Å²) in [6.45, 7) is 5.43. The van der Waals surface area contributed by atoms with Gasteiger partial charge >= 0.3 is 0 Å². The molecule has 3 heteroatoms. The van der Waals surface area contributed by atoms with Gasteiger partial charge in [-0.1, -0.05) is 6.92 Å². The van der Waals surface area contributed by atoms with Crippen molar-refractivity contribution in [3.63, 3.8) is 0 Å². The van der Waals surface area contributed by atoms with Crippen LogP contribution in [0, 0.1) is 5.41 Å². The molecule has 2 aliphatic rings. The molecule has 1 heterocycles. The summed E-state index contributed by atoms with van der Waals surface area (Å²) in [5.74, 6) is 2.57. The zero-order valence-corrected chi connectivity index (χ0v) is 11.3. The second-order valence-electron chi connectivity index (χ2n) is 5.21. The van der Waals surface area contributed by atoms with Crippen molar-refractivity contribution in [2.75, 3.05) is 31.3 Å². The number of rotatable bonds is 7. The summed E-state index contributed by atoms with van der Waals surface area (Å²) in [4.78, 5) is 0. The van der Waals surface area contributed by atoms with E-state index in [0.717, 1.165) is 19.3 Å². The molecule has 1 aliphatic carbocycles. The average Bonchev–Trinajstić information content (AvgIpc) is 3.12. The molecular formula is C13H25NOS. The van der Waals surface area contributed by atoms with Crippen LogP contribution in [0.4, 0.5) is 0 Å². The van der Waals surface area contributed by atoms with E-state index in [-0.39, 0.29) is 0 Å². The van der Waals surface area contributed by atoms with Gasteiger partial charge in [0.15, 0.2) is 0 Å². The molecule has 94 valence electrons. The lowest BCUT2D eigenvalue weighted by atomic mass is 9.77. The first kappa shape index (κ1) is 12.7. The first-order valence-electron chi connectivity index (χ1n) is 6.73. The van der Waals surface area contributed by atoms with Crippen LogP contribution in [0.5, 0.6) is 0 Å². The zero-order chi connectivity index (χ0) is 11.3. The topological polar surface area (TPSA) is 21.3 Å². The summed E-state index contributed by atoms with van der Waals surface area (Å²) in [5, 5.41) is 3.73. The number of hydrogen-bond acceptors (Lipinski definition) is 3. The largest absolute Gasteiger partial charge is 0.381 e. The fraction of sp³-hybridized carbons (Fsp3) is 1.00. The van der Waals surface area contributed by atoms with Gasteiger partial charge in [-0.15, -0.1) is 0 Å². The fourth-order valence-electron chi connectivity index (χ4n) is 2.40. The van der Waals surface area contributed by atoms with E-state index in [4.69, 9.17) is 4.74 Å². The predicted octanol–water partition coefficient (Wildman–Crippen LogP) is 2.68. The maximum Gasteiger partial charge on any atom is 0.0471 e. The highest BCUT2D eigenvalue weighted by atomic mass is 32.2. The summed E-state index contributed by atoms with van der Waals surface area (Å²) in [5.41, 5.74) is 0.545. The second kappa shape index (κ2) is 6.27. The van der Waals surface area contributed by atoms with E-state index in [1.54, 1.807) is 0 Å². The Morgan fingerprint density at radius 1 is 1.31 bits per heavy atom. The minimum atomic E-state index is 0.545. The first-order valence-corrected chi connectivity index (χ1v) is 7.89. The van der Waals surface area contributed by atoms with Crippen molar-refractivity contribution in [1.29, 1.82) is 0 Å². The average molecular weight is 243 g/mol. The molecule has 1 N–H and O–H groups in total. The fourth-order valence-corrected chi connectivity index (χ4v) is 3.27. The SMILES string of the molecule is CCSCCC1(CNC2CC2)CCOCC1. The maximum absolute atomic E-state index is 5.52. The van der Waals surface area contributed by atoms with Crippen LogP contribution in [0.2, 0.25) is 0 Å². The zero-order valence-electron chi connectivity index (χ0n) is 10.5. The summed E-state index contributed by atoms with van der Waals surface area (Å²) >= 11 is 2.08. The van der Waals surface area contributed by atoms with Crippen molar-refractivity contribution < 1.29 is 4.74 Å². The Kier molecular flexibility index (Phi) is 4.98. The van der Waals surface area contributed by atoms with E-state index >= 15 is 0 Å². The molecule has 2 nitrogen and oxygen atoms in total. The molecule has 0 aromatic rings. The molecule has 0 atom stereocenters. The smallest absolute Gasteiger partial charge is 0.0471 e. The van der Waals surface area contributed by atoms with Crippen molar-refractivity contribution in [2.24, 2.45) is 5.41 Å². The third-order valence-electron chi connectivity index (χ3n) is 3.88. The number of ether oxygens (including phenoxy) is 1. The monoisotopic (exact) mass is 243 g/mol. The molecule has 0 spiro atoms. The van der Waals surface area contributed by atoms with Gasteiger partial charge in [-0.2, -0.15) is 11.8 Å². The van der Waals surface area contributed by atoms with E-state index in [9.17, 15) is 0 Å². The van der Waals surface area contributed by atoms with Crippen molar-refractivity contribution in [3.05, 3.63) is 0 Å². The van der Waals surface area contributed by atoms with Gasteiger partial charge in [-0.25, -0.2) is 0 Å². The van der Waals surface area contributed by atoms with Gasteiger partial charge in [0.2, 0.25) is 0 Å². The van der Waals surface area contributed by atoms with Gasteiger partial charge in [-0.05, 0) is 49.0 Å². The molecular weight excluding hydrogens is 218 g/mol. The minimum Gasteiger partial charge on any atom is -0.381 e. The Balaban J connectivity index is 1.77. The van der Waals surface area contributed by atoms with Crippen LogP contribution in [0.3, 0.4) is 0 Å². The number of thioether (sulfide) groups is 1. The van der Waals surface area contributed by atoms with Crippen LogP contribution in [-0.2, 0) is 4.74 Å². The molecule has 0 radical (unpaired) electrons. The second-order valence-corrected chi connectivity index (χ2v) is 6.61. The quantitative estimate of drug-likeness (QED) is 0.695. The van der Waals surface area contributed by atoms with E-state index in [1.807, 2.05) is 0 Å². The summed E-state index contributed by atoms with van der Waals surface area (Å²) < 4.78 is 5.52. The van der Waals surface area contributed by atoms with Gasteiger partial charge in [0.05, 0.1) is 0 Å². The summed E-state index contributed by atoms with van der Waals surface area (Å²) in [6.07, 6.45) is 6.69. The molecule has 0 aromatic carbocycles. The molecule has 0 unspecified atom stereocenters. The van der Waals surface area contributed by atoms with Gasteiger partial charge in [-0.3, -0.25) is 0 Å². The third kappa shape index (κ3) is 3.94. The molecule has 2 fully saturated rings. The van der Waals surface area contributed by atoms with Crippen LogP contribution in [-0.4, -0.2) is 37.3 Å². The Hall–Kier alpha value is 0.270.